The molecule has 56 heavy (non-hydrogen) atoms. The third kappa shape index (κ3) is 5.60. The summed E-state index contributed by atoms with van der Waals surface area (Å²) in [5.41, 5.74) is 17.4. The first-order valence-electron chi connectivity index (χ1n) is 20.7. The van der Waals surface area contributed by atoms with Crippen molar-refractivity contribution in [1.82, 2.24) is 0 Å². The van der Waals surface area contributed by atoms with Crippen molar-refractivity contribution in [2.45, 2.75) is 82.9 Å². The molecule has 2 atom stereocenters. The van der Waals surface area contributed by atoms with Gasteiger partial charge >= 0.3 is 344 Å². The summed E-state index contributed by atoms with van der Waals surface area (Å²) >= 11 is -3.39. The van der Waals surface area contributed by atoms with Crippen molar-refractivity contribution in [3.05, 3.63) is 188 Å². The van der Waals surface area contributed by atoms with Crippen molar-refractivity contribution in [2.75, 3.05) is 0 Å². The molecule has 0 aromatic heterocycles. The molecule has 1 fully saturated rings. The summed E-state index contributed by atoms with van der Waals surface area (Å²) in [4.78, 5) is 0. The van der Waals surface area contributed by atoms with E-state index >= 15 is 0 Å². The molecule has 0 bridgehead atoms. The Balaban J connectivity index is 1.34. The zero-order valence-electron chi connectivity index (χ0n) is 35.0. The van der Waals surface area contributed by atoms with Gasteiger partial charge in [0.05, 0.1) is 0 Å². The summed E-state index contributed by atoms with van der Waals surface area (Å²) < 4.78 is 6.58. The molecule has 3 aliphatic rings. The molecule has 6 aromatic rings. The van der Waals surface area contributed by atoms with E-state index in [0.717, 1.165) is 0 Å². The first kappa shape index (κ1) is 37.5. The van der Waals surface area contributed by atoms with E-state index in [1.54, 1.807) is 21.5 Å². The van der Waals surface area contributed by atoms with E-state index in [1.807, 2.05) is 0 Å². The first-order chi connectivity index (χ1) is 26.6. The summed E-state index contributed by atoms with van der Waals surface area (Å²) in [5, 5.41) is 6.50. The number of fused-ring (bicyclic) bond motifs is 6. The Morgan fingerprint density at radius 3 is 1.20 bits per heavy atom. The Kier molecular flexibility index (Phi) is 8.84. The fourth-order valence-electron chi connectivity index (χ4n) is 10.9. The van der Waals surface area contributed by atoms with Crippen LogP contribution in [0.2, 0.25) is 9.36 Å². The van der Waals surface area contributed by atoms with Gasteiger partial charge in [-0.2, -0.15) is 0 Å². The number of hydrogen-bond acceptors (Lipinski definition) is 0. The van der Waals surface area contributed by atoms with Crippen molar-refractivity contribution < 1.29 is 20.0 Å². The molecule has 1 saturated heterocycles. The maximum atomic E-state index is 2.80. The molecule has 0 N–H and O–H groups in total. The van der Waals surface area contributed by atoms with Crippen LogP contribution in [0, 0.1) is 13.8 Å². The number of hydrogen-bond donors (Lipinski definition) is 0. The zero-order chi connectivity index (χ0) is 39.4. The summed E-state index contributed by atoms with van der Waals surface area (Å²) in [6.45, 7) is 18.6. The molecular weight excluding hydrogens is 855 g/mol. The Bertz CT molecular complexity index is 2410. The number of allylic oxidation sites excluding steroid dienone is 2. The number of rotatable bonds is 4. The van der Waals surface area contributed by atoms with Crippen molar-refractivity contribution in [1.29, 1.82) is 0 Å². The van der Waals surface area contributed by atoms with Crippen LogP contribution in [0.15, 0.2) is 144 Å². The SMILES string of the molecule is Cc1cc(C(C)(C)C)ccc1-c1cccc2c1C=C1[CH]2[Hf]([CH3])([CH3])[CH]2C(=Cc3c(-c4ccc(C(C)(C)C)cc4C)cccc32)[Si]1(c1ccccc1)c1ccccc1. The van der Waals surface area contributed by atoms with Gasteiger partial charge in [0, 0.05) is 0 Å². The van der Waals surface area contributed by atoms with Crippen molar-refractivity contribution in [2.24, 2.45) is 0 Å². The molecular formula is C54H56HfSi. The van der Waals surface area contributed by atoms with Crippen LogP contribution < -0.4 is 10.4 Å². The van der Waals surface area contributed by atoms with Crippen molar-refractivity contribution in [3.63, 3.8) is 0 Å². The molecule has 2 unspecified atom stereocenters. The summed E-state index contributed by atoms with van der Waals surface area (Å²) in [5.74, 6) is 0. The monoisotopic (exact) mass is 912 g/mol. The summed E-state index contributed by atoms with van der Waals surface area (Å²) in [6.07, 6.45) is 5.49. The van der Waals surface area contributed by atoms with E-state index in [1.165, 1.54) is 66.0 Å². The Morgan fingerprint density at radius 2 is 0.839 bits per heavy atom. The van der Waals surface area contributed by atoms with Gasteiger partial charge in [-0.3, -0.25) is 0 Å². The Hall–Kier alpha value is -4.11. The van der Waals surface area contributed by atoms with Crippen LogP contribution in [-0.2, 0) is 30.8 Å². The molecule has 280 valence electrons. The van der Waals surface area contributed by atoms with Gasteiger partial charge in [0.25, 0.3) is 0 Å². The van der Waals surface area contributed by atoms with Crippen LogP contribution in [0.3, 0.4) is 0 Å². The van der Waals surface area contributed by atoms with Crippen molar-refractivity contribution >= 4 is 30.6 Å². The van der Waals surface area contributed by atoms with E-state index < -0.39 is 28.0 Å². The van der Waals surface area contributed by atoms with E-state index in [-0.39, 0.29) is 10.8 Å². The van der Waals surface area contributed by atoms with Crippen LogP contribution in [0.25, 0.3) is 34.4 Å². The fourth-order valence-corrected chi connectivity index (χ4v) is 42.1. The molecule has 0 amide bonds. The second-order valence-electron chi connectivity index (χ2n) is 19.5. The maximum absolute atomic E-state index is 3.39. The van der Waals surface area contributed by atoms with Gasteiger partial charge in [-0.25, -0.2) is 0 Å². The Morgan fingerprint density at radius 1 is 0.446 bits per heavy atom. The van der Waals surface area contributed by atoms with Crippen LogP contribution in [-0.4, -0.2) is 8.07 Å². The van der Waals surface area contributed by atoms with Gasteiger partial charge in [0.15, 0.2) is 0 Å². The van der Waals surface area contributed by atoms with E-state index in [9.17, 15) is 0 Å². The van der Waals surface area contributed by atoms with Gasteiger partial charge in [-0.15, -0.1) is 0 Å². The predicted octanol–water partition coefficient (Wildman–Crippen LogP) is 13.4. The van der Waals surface area contributed by atoms with Crippen molar-refractivity contribution in [3.8, 4) is 22.3 Å². The molecule has 6 aromatic carbocycles. The average molecular weight is 912 g/mol. The van der Waals surface area contributed by atoms with Gasteiger partial charge in [0.2, 0.25) is 0 Å². The van der Waals surface area contributed by atoms with E-state index in [0.29, 0.717) is 7.35 Å². The third-order valence-electron chi connectivity index (χ3n) is 13.7. The number of benzene rings is 6. The number of aryl methyl sites for hydroxylation is 2. The first-order valence-corrected chi connectivity index (χ1v) is 34.0. The topological polar surface area (TPSA) is 0 Å². The van der Waals surface area contributed by atoms with Gasteiger partial charge in [-0.05, 0) is 0 Å². The zero-order valence-corrected chi connectivity index (χ0v) is 39.6. The molecule has 2 aliphatic carbocycles. The normalized spacial score (nSPS) is 19.0. The van der Waals surface area contributed by atoms with E-state index in [4.69, 9.17) is 0 Å². The van der Waals surface area contributed by atoms with Gasteiger partial charge < -0.3 is 0 Å². The standard InChI is InChI=1S/C52H50Si.2CH3.Hf/c1-35-29-39(51(3,4)5)25-27-45(35)47-23-15-17-37-31-43(33-49(37)47)53(41-19-11-9-12-20-41,42-21-13-10-14-22-42)44-32-38-18-16-24-48(50(38)34-44)46-28-26-40(30-36(46)2)52(6,7)8;;;/h9-34H,1-8H3;2*1H3;. The molecule has 1 aliphatic heterocycles. The molecule has 0 radical (unpaired) electrons. The molecule has 1 heterocycles. The average Bonchev–Trinajstić information content (AvgIpc) is 3.77. The molecule has 0 spiro atoms. The van der Waals surface area contributed by atoms with E-state index in [2.05, 4.69) is 210 Å². The molecule has 0 saturated carbocycles. The van der Waals surface area contributed by atoms with Gasteiger partial charge in [-0.1, -0.05) is 0 Å². The molecule has 0 nitrogen and oxygen atoms in total. The minimum atomic E-state index is -3.39. The third-order valence-corrected chi connectivity index (χ3v) is 35.9. The van der Waals surface area contributed by atoms with Gasteiger partial charge in [0.1, 0.15) is 0 Å². The summed E-state index contributed by atoms with van der Waals surface area (Å²) in [7, 11) is -2.74. The molecule has 2 heteroatoms. The Labute approximate surface area is 341 Å². The van der Waals surface area contributed by atoms with Crippen LogP contribution in [0.5, 0.6) is 0 Å². The fraction of sp³-hybridized carbons (Fsp3) is 0.259. The minimum absolute atomic E-state index is 0.116. The van der Waals surface area contributed by atoms with Crippen LogP contribution in [0.4, 0.5) is 0 Å². The van der Waals surface area contributed by atoms with Crippen LogP contribution >= 0.6 is 0 Å². The second kappa shape index (κ2) is 13.2. The summed E-state index contributed by atoms with van der Waals surface area (Å²) in [6, 6.07) is 52.5. The van der Waals surface area contributed by atoms with Crippen LogP contribution in [0.1, 0.15) is 93.4 Å². The predicted molar refractivity (Wildman–Crippen MR) is 242 cm³/mol. The quantitative estimate of drug-likeness (QED) is 0.155. The molecule has 9 rings (SSSR count). The second-order valence-corrected chi connectivity index (χ2v) is 40.6.